The minimum atomic E-state index is -0.214. The number of benzene rings is 3. The van der Waals surface area contributed by atoms with Gasteiger partial charge in [-0.25, -0.2) is 14.4 Å². The molecule has 1 fully saturated rings. The maximum Gasteiger partial charge on any atom is 0.212 e. The number of hydrogen-bond donors (Lipinski definition) is 0. The number of nitrogens with zero attached hydrogens (tertiary/aromatic N) is 3. The van der Waals surface area contributed by atoms with Crippen molar-refractivity contribution in [3.8, 4) is 22.8 Å². The molecule has 3 heterocycles. The highest BCUT2D eigenvalue weighted by atomic mass is 19.1. The standard InChI is InChI=1S/C36H32FN3O2/c1-36(2)19-30(36)35-29(16-24-9-8-23(17-31(24)37)25-11-15-34(41-3)38-20-25)28-14-13-27(18-33(28)40-35)42-21-26-12-10-22-6-4-5-7-32(22)39-26/h4-15,17-18,20,29-30H,16,19,21H2,1-3H3/t29?,30-/m0/s1. The second-order valence-electron chi connectivity index (χ2n) is 11.9. The Kier molecular flexibility index (Phi) is 6.49. The van der Waals surface area contributed by atoms with Crippen molar-refractivity contribution < 1.29 is 13.9 Å². The summed E-state index contributed by atoms with van der Waals surface area (Å²) in [5.41, 5.74) is 7.58. The maximum absolute atomic E-state index is 15.5. The molecule has 2 atom stereocenters. The largest absolute Gasteiger partial charge is 0.487 e. The molecule has 210 valence electrons. The van der Waals surface area contributed by atoms with Gasteiger partial charge < -0.3 is 9.47 Å². The fraction of sp³-hybridized carbons (Fsp3) is 0.250. The summed E-state index contributed by atoms with van der Waals surface area (Å²) in [5, 5.41) is 1.11. The van der Waals surface area contributed by atoms with Crippen LogP contribution < -0.4 is 9.47 Å². The minimum Gasteiger partial charge on any atom is -0.487 e. The van der Waals surface area contributed by atoms with Gasteiger partial charge in [-0.15, -0.1) is 0 Å². The Labute approximate surface area is 245 Å². The number of pyridine rings is 2. The Bertz CT molecular complexity index is 1830. The van der Waals surface area contributed by atoms with Crippen molar-refractivity contribution in [1.29, 1.82) is 0 Å². The summed E-state index contributed by atoms with van der Waals surface area (Å²) >= 11 is 0. The first-order valence-electron chi connectivity index (χ1n) is 14.4. The summed E-state index contributed by atoms with van der Waals surface area (Å²) in [6.45, 7) is 4.94. The van der Waals surface area contributed by atoms with Crippen LogP contribution in [0.3, 0.4) is 0 Å². The Morgan fingerprint density at radius 3 is 2.52 bits per heavy atom. The third kappa shape index (κ3) is 5.02. The van der Waals surface area contributed by atoms with Crippen LogP contribution in [0.4, 0.5) is 10.1 Å². The molecular formula is C36H32FN3O2. The van der Waals surface area contributed by atoms with Crippen molar-refractivity contribution >= 4 is 22.3 Å². The molecule has 7 rings (SSSR count). The maximum atomic E-state index is 15.5. The second kappa shape index (κ2) is 10.4. The van der Waals surface area contributed by atoms with Gasteiger partial charge in [0.05, 0.1) is 24.0 Å². The van der Waals surface area contributed by atoms with E-state index in [1.54, 1.807) is 25.4 Å². The van der Waals surface area contributed by atoms with E-state index in [4.69, 9.17) is 19.5 Å². The van der Waals surface area contributed by atoms with Crippen LogP contribution in [0.2, 0.25) is 0 Å². The van der Waals surface area contributed by atoms with E-state index in [2.05, 4.69) is 37.0 Å². The Morgan fingerprint density at radius 1 is 0.929 bits per heavy atom. The summed E-state index contributed by atoms with van der Waals surface area (Å²) in [4.78, 5) is 14.1. The van der Waals surface area contributed by atoms with Gasteiger partial charge in [0.25, 0.3) is 0 Å². The van der Waals surface area contributed by atoms with Crippen molar-refractivity contribution in [2.45, 2.75) is 39.2 Å². The van der Waals surface area contributed by atoms with E-state index in [0.29, 0.717) is 30.4 Å². The van der Waals surface area contributed by atoms with Crippen molar-refractivity contribution in [2.75, 3.05) is 7.11 Å². The number of methoxy groups -OCH3 is 1. The van der Waals surface area contributed by atoms with Crippen LogP contribution in [-0.4, -0.2) is 22.8 Å². The summed E-state index contributed by atoms with van der Waals surface area (Å²) in [7, 11) is 1.58. The molecule has 1 aliphatic heterocycles. The molecule has 0 N–H and O–H groups in total. The fourth-order valence-corrected chi connectivity index (χ4v) is 6.02. The lowest BCUT2D eigenvalue weighted by atomic mass is 9.85. The van der Waals surface area contributed by atoms with Crippen LogP contribution in [0.5, 0.6) is 11.6 Å². The number of aromatic nitrogens is 2. The molecule has 42 heavy (non-hydrogen) atoms. The number of ether oxygens (including phenoxy) is 2. The smallest absolute Gasteiger partial charge is 0.212 e. The average Bonchev–Trinajstić information content (AvgIpc) is 3.50. The SMILES string of the molecule is COc1ccc(-c2ccc(CC3C([C@@H]4CC4(C)C)=Nc4cc(OCc5ccc6ccccc6n5)ccc43)c(F)c2)cn1. The molecule has 5 nitrogen and oxygen atoms in total. The monoisotopic (exact) mass is 557 g/mol. The van der Waals surface area contributed by atoms with Gasteiger partial charge in [0.15, 0.2) is 0 Å². The quantitative estimate of drug-likeness (QED) is 0.192. The molecule has 2 aromatic heterocycles. The number of hydrogen-bond acceptors (Lipinski definition) is 5. The van der Waals surface area contributed by atoms with Gasteiger partial charge in [0.2, 0.25) is 5.88 Å². The summed E-state index contributed by atoms with van der Waals surface area (Å²) in [5.74, 6) is 1.50. The highest BCUT2D eigenvalue weighted by molar-refractivity contribution is 6.02. The van der Waals surface area contributed by atoms with Gasteiger partial charge in [-0.2, -0.15) is 0 Å². The molecule has 3 aromatic carbocycles. The van der Waals surface area contributed by atoms with E-state index in [-0.39, 0.29) is 17.2 Å². The first-order valence-corrected chi connectivity index (χ1v) is 14.4. The summed E-state index contributed by atoms with van der Waals surface area (Å²) in [6, 6.07) is 27.4. The average molecular weight is 558 g/mol. The van der Waals surface area contributed by atoms with Crippen LogP contribution >= 0.6 is 0 Å². The zero-order valence-corrected chi connectivity index (χ0v) is 24.0. The Hall–Kier alpha value is -4.58. The van der Waals surface area contributed by atoms with Gasteiger partial charge >= 0.3 is 0 Å². The normalized spacial score (nSPS) is 18.4. The van der Waals surface area contributed by atoms with E-state index < -0.39 is 0 Å². The number of fused-ring (bicyclic) bond motifs is 2. The molecule has 1 unspecified atom stereocenters. The minimum absolute atomic E-state index is 0.0333. The zero-order valence-electron chi connectivity index (χ0n) is 24.0. The molecular weight excluding hydrogens is 525 g/mol. The van der Waals surface area contributed by atoms with Crippen molar-refractivity contribution in [3.63, 3.8) is 0 Å². The molecule has 0 bridgehead atoms. The van der Waals surface area contributed by atoms with E-state index >= 15 is 4.39 Å². The number of rotatable bonds is 8. The fourth-order valence-electron chi connectivity index (χ4n) is 6.02. The molecule has 0 saturated heterocycles. The van der Waals surface area contributed by atoms with Gasteiger partial charge in [0, 0.05) is 46.8 Å². The third-order valence-electron chi connectivity index (χ3n) is 8.65. The summed E-state index contributed by atoms with van der Waals surface area (Å²) in [6.07, 6.45) is 3.36. The molecule has 1 saturated carbocycles. The first-order chi connectivity index (χ1) is 20.4. The van der Waals surface area contributed by atoms with E-state index in [1.165, 1.54) is 0 Å². The Balaban J connectivity index is 1.13. The van der Waals surface area contributed by atoms with Crippen LogP contribution in [0.15, 0.2) is 96.1 Å². The second-order valence-corrected chi connectivity index (χ2v) is 11.9. The van der Waals surface area contributed by atoms with Gasteiger partial charge in [0.1, 0.15) is 18.2 Å². The molecule has 2 aliphatic rings. The molecule has 0 spiro atoms. The molecule has 1 aliphatic carbocycles. The highest BCUT2D eigenvalue weighted by Gasteiger charge is 2.52. The molecule has 6 heteroatoms. The lowest BCUT2D eigenvalue weighted by Crippen LogP contribution is -2.16. The highest BCUT2D eigenvalue weighted by Crippen LogP contribution is 2.57. The van der Waals surface area contributed by atoms with Crippen LogP contribution in [0.25, 0.3) is 22.0 Å². The number of aliphatic imine (C=N–C) groups is 1. The molecule has 5 aromatic rings. The van der Waals surface area contributed by atoms with Gasteiger partial charge in [-0.05, 0) is 65.3 Å². The van der Waals surface area contributed by atoms with Crippen molar-refractivity contribution in [3.05, 3.63) is 114 Å². The van der Waals surface area contributed by atoms with Crippen LogP contribution in [0.1, 0.15) is 43.0 Å². The van der Waals surface area contributed by atoms with E-state index in [1.807, 2.05) is 54.6 Å². The summed E-state index contributed by atoms with van der Waals surface area (Å²) < 4.78 is 26.8. The number of para-hydroxylation sites is 1. The number of halogens is 1. The Morgan fingerprint density at radius 2 is 1.76 bits per heavy atom. The van der Waals surface area contributed by atoms with E-state index in [0.717, 1.165) is 56.9 Å². The van der Waals surface area contributed by atoms with Crippen LogP contribution in [-0.2, 0) is 13.0 Å². The molecule has 0 radical (unpaired) electrons. The topological polar surface area (TPSA) is 56.6 Å². The molecule has 0 amide bonds. The zero-order chi connectivity index (χ0) is 28.8. The third-order valence-corrected chi connectivity index (χ3v) is 8.65. The van der Waals surface area contributed by atoms with Gasteiger partial charge in [-0.3, -0.25) is 4.99 Å². The van der Waals surface area contributed by atoms with E-state index in [9.17, 15) is 0 Å². The van der Waals surface area contributed by atoms with Gasteiger partial charge in [-0.1, -0.05) is 56.3 Å². The van der Waals surface area contributed by atoms with Crippen molar-refractivity contribution in [2.24, 2.45) is 16.3 Å². The first kappa shape index (κ1) is 26.3. The predicted octanol–water partition coefficient (Wildman–Crippen LogP) is 8.48. The lowest BCUT2D eigenvalue weighted by molar-refractivity contribution is 0.302. The van der Waals surface area contributed by atoms with Crippen LogP contribution in [0, 0.1) is 17.2 Å². The predicted molar refractivity (Wildman–Crippen MR) is 164 cm³/mol. The lowest BCUT2D eigenvalue weighted by Gasteiger charge is -2.17. The van der Waals surface area contributed by atoms with Crippen molar-refractivity contribution in [1.82, 2.24) is 9.97 Å².